The van der Waals surface area contributed by atoms with Gasteiger partial charge in [-0.15, -0.1) is 0 Å². The summed E-state index contributed by atoms with van der Waals surface area (Å²) in [6, 6.07) is 6.36. The van der Waals surface area contributed by atoms with Gasteiger partial charge in [0.2, 0.25) is 0 Å². The van der Waals surface area contributed by atoms with Crippen LogP contribution in [0.25, 0.3) is 0 Å². The first-order valence-electron chi connectivity index (χ1n) is 9.61. The van der Waals surface area contributed by atoms with Crippen molar-refractivity contribution in [1.82, 2.24) is 0 Å². The number of ether oxygens (including phenoxy) is 1. The van der Waals surface area contributed by atoms with Crippen LogP contribution in [0.4, 0.5) is 0 Å². The van der Waals surface area contributed by atoms with E-state index in [1.807, 2.05) is 13.0 Å². The molecular formula is C21H30O2. The average Bonchev–Trinajstić information content (AvgIpc) is 2.63. The second-order valence-corrected chi connectivity index (χ2v) is 7.20. The molecule has 23 heavy (non-hydrogen) atoms. The molecule has 2 aliphatic carbocycles. The molecule has 0 aliphatic heterocycles. The van der Waals surface area contributed by atoms with Crippen molar-refractivity contribution >= 4 is 5.97 Å². The molecule has 0 unspecified atom stereocenters. The fraction of sp³-hybridized carbons (Fsp3) is 0.667. The Morgan fingerprint density at radius 1 is 0.957 bits per heavy atom. The monoisotopic (exact) mass is 314 g/mol. The first-order chi connectivity index (χ1) is 11.3. The fourth-order valence-electron chi connectivity index (χ4n) is 4.59. The Balaban J connectivity index is 1.99. The lowest BCUT2D eigenvalue weighted by Crippen LogP contribution is -2.18. The van der Waals surface area contributed by atoms with E-state index in [2.05, 4.69) is 12.1 Å². The van der Waals surface area contributed by atoms with Crippen LogP contribution in [-0.4, -0.2) is 12.6 Å². The molecule has 0 aromatic heterocycles. The third-order valence-electron chi connectivity index (χ3n) is 5.69. The maximum absolute atomic E-state index is 12.5. The Hall–Kier alpha value is -1.31. The van der Waals surface area contributed by atoms with E-state index < -0.39 is 0 Å². The van der Waals surface area contributed by atoms with E-state index in [9.17, 15) is 4.79 Å². The number of carbonyl (C=O) groups is 1. The standard InChI is InChI=1S/C21H30O2/c1-2-23-21(22)19-15-9-14-18(16-10-5-3-6-11-16)20(19)17-12-7-4-8-13-17/h9,14-17H,2-8,10-13H2,1H3. The topological polar surface area (TPSA) is 26.3 Å². The predicted molar refractivity (Wildman–Crippen MR) is 94.1 cm³/mol. The van der Waals surface area contributed by atoms with Gasteiger partial charge in [-0.1, -0.05) is 50.7 Å². The normalized spacial score (nSPS) is 20.4. The highest BCUT2D eigenvalue weighted by Crippen LogP contribution is 2.42. The third-order valence-corrected chi connectivity index (χ3v) is 5.69. The highest BCUT2D eigenvalue weighted by atomic mass is 16.5. The summed E-state index contributed by atoms with van der Waals surface area (Å²) in [5.41, 5.74) is 3.65. The molecule has 0 atom stereocenters. The van der Waals surface area contributed by atoms with Crippen LogP contribution in [0.5, 0.6) is 0 Å². The molecular weight excluding hydrogens is 284 g/mol. The summed E-state index contributed by atoms with van der Waals surface area (Å²) >= 11 is 0. The molecule has 126 valence electrons. The van der Waals surface area contributed by atoms with E-state index in [1.165, 1.54) is 75.3 Å². The Bertz CT molecular complexity index is 523. The minimum absolute atomic E-state index is 0.120. The van der Waals surface area contributed by atoms with Crippen LogP contribution in [0.15, 0.2) is 18.2 Å². The highest BCUT2D eigenvalue weighted by Gasteiger charge is 2.28. The summed E-state index contributed by atoms with van der Waals surface area (Å²) in [7, 11) is 0. The van der Waals surface area contributed by atoms with Gasteiger partial charge in [0.25, 0.3) is 0 Å². The molecule has 3 rings (SSSR count). The quantitative estimate of drug-likeness (QED) is 0.641. The van der Waals surface area contributed by atoms with Gasteiger partial charge >= 0.3 is 5.97 Å². The Kier molecular flexibility index (Phi) is 5.75. The second kappa shape index (κ2) is 7.99. The highest BCUT2D eigenvalue weighted by molar-refractivity contribution is 5.91. The lowest BCUT2D eigenvalue weighted by atomic mass is 9.74. The number of esters is 1. The maximum Gasteiger partial charge on any atom is 0.338 e. The Morgan fingerprint density at radius 3 is 2.17 bits per heavy atom. The molecule has 0 N–H and O–H groups in total. The first kappa shape index (κ1) is 16.5. The zero-order valence-electron chi connectivity index (χ0n) is 14.5. The Morgan fingerprint density at radius 2 is 1.57 bits per heavy atom. The van der Waals surface area contributed by atoms with Crippen LogP contribution in [-0.2, 0) is 4.74 Å². The van der Waals surface area contributed by atoms with Crippen LogP contribution < -0.4 is 0 Å². The van der Waals surface area contributed by atoms with Crippen LogP contribution in [0.3, 0.4) is 0 Å². The lowest BCUT2D eigenvalue weighted by molar-refractivity contribution is 0.0524. The zero-order chi connectivity index (χ0) is 16.1. The molecule has 2 aliphatic rings. The largest absolute Gasteiger partial charge is 0.462 e. The van der Waals surface area contributed by atoms with E-state index >= 15 is 0 Å². The molecule has 0 spiro atoms. The summed E-state index contributed by atoms with van der Waals surface area (Å²) in [4.78, 5) is 12.5. The molecule has 1 aromatic carbocycles. The molecule has 0 heterocycles. The van der Waals surface area contributed by atoms with Gasteiger partial charge in [-0.25, -0.2) is 4.79 Å². The number of carbonyl (C=O) groups excluding carboxylic acids is 1. The van der Waals surface area contributed by atoms with E-state index in [1.54, 1.807) is 0 Å². The first-order valence-corrected chi connectivity index (χ1v) is 9.61. The smallest absolute Gasteiger partial charge is 0.338 e. The van der Waals surface area contributed by atoms with Crippen molar-refractivity contribution in [1.29, 1.82) is 0 Å². The van der Waals surface area contributed by atoms with Gasteiger partial charge in [-0.2, -0.15) is 0 Å². The van der Waals surface area contributed by atoms with Gasteiger partial charge in [-0.3, -0.25) is 0 Å². The van der Waals surface area contributed by atoms with Crippen LogP contribution in [0, 0.1) is 0 Å². The predicted octanol–water partition coefficient (Wildman–Crippen LogP) is 5.96. The number of hydrogen-bond donors (Lipinski definition) is 0. The Labute approximate surface area is 140 Å². The van der Waals surface area contributed by atoms with Crippen LogP contribution in [0.1, 0.15) is 104 Å². The van der Waals surface area contributed by atoms with E-state index in [-0.39, 0.29) is 5.97 Å². The average molecular weight is 314 g/mol. The van der Waals surface area contributed by atoms with E-state index in [0.29, 0.717) is 18.4 Å². The van der Waals surface area contributed by atoms with Gasteiger partial charge < -0.3 is 4.74 Å². The molecule has 0 saturated heterocycles. The van der Waals surface area contributed by atoms with Gasteiger partial charge in [-0.05, 0) is 61.6 Å². The van der Waals surface area contributed by atoms with Crippen molar-refractivity contribution in [2.75, 3.05) is 6.61 Å². The molecule has 2 fully saturated rings. The number of hydrogen-bond acceptors (Lipinski definition) is 2. The molecule has 0 radical (unpaired) electrons. The second-order valence-electron chi connectivity index (χ2n) is 7.20. The molecule has 0 amide bonds. The van der Waals surface area contributed by atoms with Gasteiger partial charge in [0, 0.05) is 0 Å². The molecule has 2 nitrogen and oxygen atoms in total. The van der Waals surface area contributed by atoms with Crippen LogP contribution in [0.2, 0.25) is 0 Å². The lowest BCUT2D eigenvalue weighted by Gasteiger charge is -2.31. The minimum Gasteiger partial charge on any atom is -0.462 e. The molecule has 2 saturated carbocycles. The van der Waals surface area contributed by atoms with Crippen molar-refractivity contribution in [3.63, 3.8) is 0 Å². The molecule has 1 aromatic rings. The summed E-state index contributed by atoms with van der Waals surface area (Å²) in [5.74, 6) is 1.09. The molecule has 0 bridgehead atoms. The third kappa shape index (κ3) is 3.79. The van der Waals surface area contributed by atoms with Crippen LogP contribution >= 0.6 is 0 Å². The zero-order valence-corrected chi connectivity index (χ0v) is 14.5. The summed E-state index contributed by atoms with van der Waals surface area (Å²) in [6.07, 6.45) is 13.0. The van der Waals surface area contributed by atoms with Crippen molar-refractivity contribution in [2.45, 2.75) is 83.0 Å². The van der Waals surface area contributed by atoms with Crippen molar-refractivity contribution < 1.29 is 9.53 Å². The summed E-state index contributed by atoms with van der Waals surface area (Å²) < 4.78 is 5.36. The fourth-order valence-corrected chi connectivity index (χ4v) is 4.59. The van der Waals surface area contributed by atoms with Crippen molar-refractivity contribution in [2.24, 2.45) is 0 Å². The van der Waals surface area contributed by atoms with Gasteiger partial charge in [0.05, 0.1) is 12.2 Å². The maximum atomic E-state index is 12.5. The SMILES string of the molecule is CCOC(=O)c1cccc(C2CCCCC2)c1C1CCCCC1. The van der Waals surface area contributed by atoms with Gasteiger partial charge in [0.1, 0.15) is 0 Å². The van der Waals surface area contributed by atoms with Crippen molar-refractivity contribution in [3.05, 3.63) is 34.9 Å². The molecule has 2 heteroatoms. The minimum atomic E-state index is -0.120. The number of rotatable bonds is 4. The van der Waals surface area contributed by atoms with Crippen molar-refractivity contribution in [3.8, 4) is 0 Å². The van der Waals surface area contributed by atoms with E-state index in [0.717, 1.165) is 5.56 Å². The van der Waals surface area contributed by atoms with E-state index in [4.69, 9.17) is 4.74 Å². The summed E-state index contributed by atoms with van der Waals surface area (Å²) in [6.45, 7) is 2.35. The van der Waals surface area contributed by atoms with Gasteiger partial charge in [0.15, 0.2) is 0 Å². The summed E-state index contributed by atoms with van der Waals surface area (Å²) in [5, 5.41) is 0. The number of benzene rings is 1.